The van der Waals surface area contributed by atoms with Crippen molar-refractivity contribution < 1.29 is 9.21 Å². The number of carbonyl (C=O) groups excluding carboxylic acids is 1. The van der Waals surface area contributed by atoms with Gasteiger partial charge in [0.15, 0.2) is 11.6 Å². The van der Waals surface area contributed by atoms with Crippen LogP contribution in [0.1, 0.15) is 5.56 Å². The maximum absolute atomic E-state index is 12.3. The molecule has 1 saturated heterocycles. The fourth-order valence-electron chi connectivity index (χ4n) is 3.07. The van der Waals surface area contributed by atoms with Gasteiger partial charge in [0.05, 0.1) is 6.26 Å². The average molecular weight is 363 g/mol. The second-order valence-electron chi connectivity index (χ2n) is 6.37. The fourth-order valence-corrected chi connectivity index (χ4v) is 3.07. The molecule has 1 aliphatic rings. The number of rotatable bonds is 4. The summed E-state index contributed by atoms with van der Waals surface area (Å²) in [6.07, 6.45) is 1.62. The van der Waals surface area contributed by atoms with Crippen LogP contribution in [0.3, 0.4) is 0 Å². The second-order valence-corrected chi connectivity index (χ2v) is 6.37. The van der Waals surface area contributed by atoms with E-state index in [-0.39, 0.29) is 6.03 Å². The van der Waals surface area contributed by atoms with Gasteiger partial charge in [0.2, 0.25) is 0 Å². The van der Waals surface area contributed by atoms with Crippen LogP contribution in [0.25, 0.3) is 11.5 Å². The first kappa shape index (κ1) is 17.1. The number of furan rings is 1. The van der Waals surface area contributed by atoms with Crippen molar-refractivity contribution in [3.63, 3.8) is 0 Å². The van der Waals surface area contributed by atoms with E-state index in [0.717, 1.165) is 24.5 Å². The highest BCUT2D eigenvalue weighted by molar-refractivity contribution is 5.74. The zero-order valence-electron chi connectivity index (χ0n) is 14.9. The van der Waals surface area contributed by atoms with Crippen LogP contribution in [0, 0.1) is 0 Å². The molecule has 2 amide bonds. The van der Waals surface area contributed by atoms with E-state index in [2.05, 4.69) is 20.4 Å². The zero-order chi connectivity index (χ0) is 18.5. The molecular formula is C20H21N5O2. The first-order chi connectivity index (χ1) is 13.3. The molecule has 7 heteroatoms. The van der Waals surface area contributed by atoms with Crippen molar-refractivity contribution in [3.05, 3.63) is 66.4 Å². The summed E-state index contributed by atoms with van der Waals surface area (Å²) < 4.78 is 5.33. The van der Waals surface area contributed by atoms with E-state index in [4.69, 9.17) is 4.42 Å². The Hall–Kier alpha value is -3.35. The summed E-state index contributed by atoms with van der Waals surface area (Å²) in [6, 6.07) is 17.4. The van der Waals surface area contributed by atoms with Crippen LogP contribution < -0.4 is 10.2 Å². The van der Waals surface area contributed by atoms with Gasteiger partial charge in [-0.05, 0) is 29.8 Å². The van der Waals surface area contributed by atoms with E-state index >= 15 is 0 Å². The van der Waals surface area contributed by atoms with Crippen LogP contribution in [0.15, 0.2) is 65.3 Å². The molecular weight excluding hydrogens is 342 g/mol. The van der Waals surface area contributed by atoms with Crippen LogP contribution in [-0.2, 0) is 6.54 Å². The lowest BCUT2D eigenvalue weighted by Gasteiger charge is -2.35. The number of benzene rings is 1. The molecule has 1 aromatic carbocycles. The molecule has 138 valence electrons. The Morgan fingerprint density at radius 2 is 1.78 bits per heavy atom. The van der Waals surface area contributed by atoms with Gasteiger partial charge < -0.3 is 19.5 Å². The maximum atomic E-state index is 12.3. The third-order valence-electron chi connectivity index (χ3n) is 4.60. The Morgan fingerprint density at radius 1 is 0.963 bits per heavy atom. The number of carbonyl (C=O) groups is 1. The van der Waals surface area contributed by atoms with E-state index in [9.17, 15) is 4.79 Å². The molecule has 3 heterocycles. The van der Waals surface area contributed by atoms with Crippen molar-refractivity contribution in [1.29, 1.82) is 0 Å². The number of urea groups is 1. The summed E-state index contributed by atoms with van der Waals surface area (Å²) in [4.78, 5) is 16.3. The quantitative estimate of drug-likeness (QED) is 0.771. The van der Waals surface area contributed by atoms with Crippen molar-refractivity contribution >= 4 is 11.8 Å². The van der Waals surface area contributed by atoms with Crippen LogP contribution in [0.2, 0.25) is 0 Å². The highest BCUT2D eigenvalue weighted by atomic mass is 16.3. The highest BCUT2D eigenvalue weighted by Gasteiger charge is 2.22. The summed E-state index contributed by atoms with van der Waals surface area (Å²) in [5.41, 5.74) is 1.80. The van der Waals surface area contributed by atoms with E-state index in [1.807, 2.05) is 59.5 Å². The SMILES string of the molecule is O=C(NCc1ccccc1)N1CCN(c2ccc(-c3ccco3)nn2)CC1. The van der Waals surface area contributed by atoms with Crippen LogP contribution in [-0.4, -0.2) is 47.3 Å². The molecule has 3 aromatic rings. The molecule has 1 fully saturated rings. The molecule has 2 aromatic heterocycles. The van der Waals surface area contributed by atoms with E-state index < -0.39 is 0 Å². The Morgan fingerprint density at radius 3 is 2.44 bits per heavy atom. The molecule has 0 spiro atoms. The lowest BCUT2D eigenvalue weighted by Crippen LogP contribution is -2.51. The largest absolute Gasteiger partial charge is 0.463 e. The molecule has 1 N–H and O–H groups in total. The number of anilines is 1. The molecule has 0 aliphatic carbocycles. The normalized spacial score (nSPS) is 14.2. The minimum atomic E-state index is -0.0299. The first-order valence-corrected chi connectivity index (χ1v) is 8.99. The summed E-state index contributed by atoms with van der Waals surface area (Å²) in [6.45, 7) is 3.31. The van der Waals surface area contributed by atoms with Gasteiger partial charge in [-0.25, -0.2) is 4.79 Å². The van der Waals surface area contributed by atoms with Gasteiger partial charge in [0.25, 0.3) is 0 Å². The number of hydrogen-bond donors (Lipinski definition) is 1. The fraction of sp³-hybridized carbons (Fsp3) is 0.250. The van der Waals surface area contributed by atoms with Crippen LogP contribution in [0.5, 0.6) is 0 Å². The zero-order valence-corrected chi connectivity index (χ0v) is 14.9. The summed E-state index contributed by atoms with van der Waals surface area (Å²) in [7, 11) is 0. The van der Waals surface area contributed by atoms with Gasteiger partial charge in [-0.1, -0.05) is 30.3 Å². The van der Waals surface area contributed by atoms with Crippen molar-refractivity contribution in [1.82, 2.24) is 20.4 Å². The van der Waals surface area contributed by atoms with E-state index in [1.54, 1.807) is 6.26 Å². The highest BCUT2D eigenvalue weighted by Crippen LogP contribution is 2.19. The second kappa shape index (κ2) is 7.90. The Bertz CT molecular complexity index is 857. The molecule has 0 atom stereocenters. The van der Waals surface area contributed by atoms with Gasteiger partial charge in [-0.3, -0.25) is 0 Å². The van der Waals surface area contributed by atoms with Crippen LogP contribution >= 0.6 is 0 Å². The smallest absolute Gasteiger partial charge is 0.317 e. The number of nitrogens with one attached hydrogen (secondary N) is 1. The number of amides is 2. The lowest BCUT2D eigenvalue weighted by molar-refractivity contribution is 0.194. The van der Waals surface area contributed by atoms with Crippen molar-refractivity contribution in [3.8, 4) is 11.5 Å². The minimum absolute atomic E-state index is 0.0299. The number of hydrogen-bond acceptors (Lipinski definition) is 5. The molecule has 0 radical (unpaired) electrons. The average Bonchev–Trinajstić information content (AvgIpc) is 3.28. The maximum Gasteiger partial charge on any atom is 0.317 e. The topological polar surface area (TPSA) is 74.5 Å². The monoisotopic (exact) mass is 363 g/mol. The molecule has 4 rings (SSSR count). The van der Waals surface area contributed by atoms with Gasteiger partial charge in [-0.2, -0.15) is 0 Å². The predicted molar refractivity (Wildman–Crippen MR) is 102 cm³/mol. The summed E-state index contributed by atoms with van der Waals surface area (Å²) >= 11 is 0. The van der Waals surface area contributed by atoms with Gasteiger partial charge >= 0.3 is 6.03 Å². The number of nitrogens with zero attached hydrogens (tertiary/aromatic N) is 4. The standard InChI is InChI=1S/C20H21N5O2/c26-20(21-15-16-5-2-1-3-6-16)25-12-10-24(11-13-25)19-9-8-17(22-23-19)18-7-4-14-27-18/h1-9,14H,10-13,15H2,(H,21,26). The number of piperazine rings is 1. The Balaban J connectivity index is 1.29. The third kappa shape index (κ3) is 4.08. The Kier molecular flexibility index (Phi) is 5.00. The van der Waals surface area contributed by atoms with Crippen LogP contribution in [0.4, 0.5) is 10.6 Å². The molecule has 0 bridgehead atoms. The predicted octanol–water partition coefficient (Wildman–Crippen LogP) is 2.77. The molecule has 0 saturated carbocycles. The third-order valence-corrected chi connectivity index (χ3v) is 4.60. The van der Waals surface area contributed by atoms with E-state index in [1.165, 1.54) is 0 Å². The van der Waals surface area contributed by atoms with Crippen molar-refractivity contribution in [2.75, 3.05) is 31.1 Å². The van der Waals surface area contributed by atoms with Gasteiger partial charge in [-0.15, -0.1) is 10.2 Å². The lowest BCUT2D eigenvalue weighted by atomic mass is 10.2. The Labute approximate surface area is 157 Å². The summed E-state index contributed by atoms with van der Waals surface area (Å²) in [5.74, 6) is 1.52. The van der Waals surface area contributed by atoms with Gasteiger partial charge in [0.1, 0.15) is 5.69 Å². The van der Waals surface area contributed by atoms with Crippen molar-refractivity contribution in [2.24, 2.45) is 0 Å². The number of aromatic nitrogens is 2. The first-order valence-electron chi connectivity index (χ1n) is 8.99. The molecule has 0 unspecified atom stereocenters. The molecule has 1 aliphatic heterocycles. The van der Waals surface area contributed by atoms with E-state index in [0.29, 0.717) is 31.1 Å². The molecule has 27 heavy (non-hydrogen) atoms. The summed E-state index contributed by atoms with van der Waals surface area (Å²) in [5, 5.41) is 11.5. The minimum Gasteiger partial charge on any atom is -0.463 e. The van der Waals surface area contributed by atoms with Gasteiger partial charge in [0, 0.05) is 32.7 Å². The van der Waals surface area contributed by atoms with Crippen molar-refractivity contribution in [2.45, 2.75) is 6.54 Å². The molecule has 7 nitrogen and oxygen atoms in total.